The molecule has 0 aliphatic rings. The zero-order valence-corrected chi connectivity index (χ0v) is 18.4. The third kappa shape index (κ3) is 6.13. The number of nitrogens with one attached hydrogen (secondary N) is 1. The summed E-state index contributed by atoms with van der Waals surface area (Å²) >= 11 is 12.3. The smallest absolute Gasteiger partial charge is 0.271 e. The van der Waals surface area contributed by atoms with E-state index in [1.54, 1.807) is 55.6 Å². The van der Waals surface area contributed by atoms with Crippen molar-refractivity contribution in [1.82, 2.24) is 5.43 Å². The Hall–Kier alpha value is -3.22. The number of hydrogen-bond donors (Lipinski definition) is 1. The van der Waals surface area contributed by atoms with Gasteiger partial charge in [-0.2, -0.15) is 5.10 Å². The summed E-state index contributed by atoms with van der Waals surface area (Å²) in [6.45, 7) is 0.304. The third-order valence-corrected chi connectivity index (χ3v) is 4.81. The second kappa shape index (κ2) is 10.7. The van der Waals surface area contributed by atoms with Gasteiger partial charge in [-0.15, -0.1) is 0 Å². The molecular weight excluding hydrogens is 439 g/mol. The van der Waals surface area contributed by atoms with Crippen molar-refractivity contribution >= 4 is 35.3 Å². The maximum absolute atomic E-state index is 12.2. The van der Waals surface area contributed by atoms with E-state index >= 15 is 0 Å². The molecule has 3 rings (SSSR count). The molecule has 0 aliphatic carbocycles. The van der Waals surface area contributed by atoms with Gasteiger partial charge in [-0.3, -0.25) is 4.79 Å². The van der Waals surface area contributed by atoms with Gasteiger partial charge in [-0.05, 0) is 59.7 Å². The summed E-state index contributed by atoms with van der Waals surface area (Å²) in [4.78, 5) is 12.2. The van der Waals surface area contributed by atoms with Crippen LogP contribution >= 0.6 is 23.2 Å². The van der Waals surface area contributed by atoms with Crippen LogP contribution in [-0.4, -0.2) is 26.3 Å². The molecule has 0 saturated heterocycles. The molecule has 0 aromatic heterocycles. The zero-order chi connectivity index (χ0) is 22.2. The number of benzene rings is 3. The minimum atomic E-state index is -0.347. The van der Waals surface area contributed by atoms with Gasteiger partial charge in [0.1, 0.15) is 12.4 Å². The Kier molecular flexibility index (Phi) is 7.76. The van der Waals surface area contributed by atoms with Crippen LogP contribution in [0.3, 0.4) is 0 Å². The number of hydrazone groups is 1. The highest BCUT2D eigenvalue weighted by atomic mass is 35.5. The summed E-state index contributed by atoms with van der Waals surface area (Å²) in [5.41, 5.74) is 4.50. The summed E-state index contributed by atoms with van der Waals surface area (Å²) < 4.78 is 16.3. The van der Waals surface area contributed by atoms with Crippen LogP contribution in [0.5, 0.6) is 17.2 Å². The van der Waals surface area contributed by atoms with Crippen molar-refractivity contribution in [2.75, 3.05) is 14.2 Å². The molecule has 0 saturated carbocycles. The average molecular weight is 459 g/mol. The van der Waals surface area contributed by atoms with Crippen LogP contribution in [0.15, 0.2) is 65.8 Å². The number of methoxy groups -OCH3 is 2. The summed E-state index contributed by atoms with van der Waals surface area (Å²) in [6, 6.07) is 17.4. The first-order valence-corrected chi connectivity index (χ1v) is 9.98. The summed E-state index contributed by atoms with van der Waals surface area (Å²) in [7, 11) is 3.08. The minimum absolute atomic E-state index is 0.304. The molecule has 0 bridgehead atoms. The minimum Gasteiger partial charge on any atom is -0.497 e. The van der Waals surface area contributed by atoms with Crippen molar-refractivity contribution in [3.05, 3.63) is 87.4 Å². The summed E-state index contributed by atoms with van der Waals surface area (Å²) in [5.74, 6) is 1.18. The number of rotatable bonds is 8. The quantitative estimate of drug-likeness (QED) is 0.364. The first kappa shape index (κ1) is 22.5. The number of nitrogens with zero attached hydrogens (tertiary/aromatic N) is 1. The number of halogens is 2. The Morgan fingerprint density at radius 1 is 1.00 bits per heavy atom. The Morgan fingerprint density at radius 2 is 1.71 bits per heavy atom. The predicted molar refractivity (Wildman–Crippen MR) is 122 cm³/mol. The van der Waals surface area contributed by atoms with Gasteiger partial charge < -0.3 is 14.2 Å². The predicted octanol–water partition coefficient (Wildman–Crippen LogP) is 5.35. The maximum Gasteiger partial charge on any atom is 0.271 e. The van der Waals surface area contributed by atoms with Gasteiger partial charge in [-0.1, -0.05) is 35.3 Å². The fraction of sp³-hybridized carbons (Fsp3) is 0.130. The van der Waals surface area contributed by atoms with Gasteiger partial charge in [-0.25, -0.2) is 5.43 Å². The number of carbonyl (C=O) groups excluding carboxylic acids is 1. The molecule has 3 aromatic carbocycles. The van der Waals surface area contributed by atoms with E-state index in [-0.39, 0.29) is 5.91 Å². The van der Waals surface area contributed by atoms with Gasteiger partial charge in [0.2, 0.25) is 0 Å². The van der Waals surface area contributed by atoms with E-state index in [4.69, 9.17) is 37.4 Å². The summed E-state index contributed by atoms with van der Waals surface area (Å²) in [5, 5.41) is 5.00. The van der Waals surface area contributed by atoms with Gasteiger partial charge in [0.25, 0.3) is 5.91 Å². The molecule has 0 spiro atoms. The third-order valence-electron chi connectivity index (χ3n) is 4.28. The van der Waals surface area contributed by atoms with Crippen LogP contribution in [0, 0.1) is 0 Å². The largest absolute Gasteiger partial charge is 0.497 e. The number of carbonyl (C=O) groups is 1. The molecule has 3 aromatic rings. The normalized spacial score (nSPS) is 10.7. The molecule has 1 amide bonds. The van der Waals surface area contributed by atoms with Crippen LogP contribution in [0.2, 0.25) is 10.0 Å². The lowest BCUT2D eigenvalue weighted by Crippen LogP contribution is -2.17. The Bertz CT molecular complexity index is 1070. The first-order chi connectivity index (χ1) is 15.0. The highest BCUT2D eigenvalue weighted by molar-refractivity contribution is 6.32. The molecule has 0 aliphatic heterocycles. The van der Waals surface area contributed by atoms with Crippen molar-refractivity contribution in [3.8, 4) is 17.2 Å². The van der Waals surface area contributed by atoms with E-state index in [2.05, 4.69) is 10.5 Å². The zero-order valence-electron chi connectivity index (χ0n) is 16.9. The van der Waals surface area contributed by atoms with Crippen molar-refractivity contribution < 1.29 is 19.0 Å². The van der Waals surface area contributed by atoms with Crippen molar-refractivity contribution in [2.24, 2.45) is 5.10 Å². The Balaban J connectivity index is 1.66. The van der Waals surface area contributed by atoms with E-state index in [9.17, 15) is 4.79 Å². The van der Waals surface area contributed by atoms with E-state index in [1.807, 2.05) is 12.1 Å². The molecule has 6 nitrogen and oxygen atoms in total. The molecule has 8 heteroatoms. The molecule has 160 valence electrons. The van der Waals surface area contributed by atoms with Crippen molar-refractivity contribution in [2.45, 2.75) is 6.61 Å². The Labute approximate surface area is 190 Å². The monoisotopic (exact) mass is 458 g/mol. The fourth-order valence-electron chi connectivity index (χ4n) is 2.66. The molecule has 0 atom stereocenters. The highest BCUT2D eigenvalue weighted by Crippen LogP contribution is 2.36. The fourth-order valence-corrected chi connectivity index (χ4v) is 3.06. The maximum atomic E-state index is 12.2. The van der Waals surface area contributed by atoms with E-state index in [1.165, 1.54) is 13.3 Å². The molecule has 0 radical (unpaired) electrons. The van der Waals surface area contributed by atoms with Crippen LogP contribution in [0.4, 0.5) is 0 Å². The number of amides is 1. The molecule has 31 heavy (non-hydrogen) atoms. The first-order valence-electron chi connectivity index (χ1n) is 9.22. The van der Waals surface area contributed by atoms with Crippen LogP contribution in [-0.2, 0) is 6.61 Å². The number of ether oxygens (including phenoxy) is 3. The Morgan fingerprint density at radius 3 is 2.35 bits per heavy atom. The molecule has 1 N–H and O–H groups in total. The molecule has 0 unspecified atom stereocenters. The molecular formula is C23H20Cl2N2O4. The number of hydrogen-bond acceptors (Lipinski definition) is 5. The van der Waals surface area contributed by atoms with Gasteiger partial charge in [0.05, 0.1) is 25.5 Å². The SMILES string of the molecule is COc1ccc(C(=O)N/N=C\c2cc(Cl)c(OCc3ccc(Cl)cc3)c(OC)c2)cc1. The van der Waals surface area contributed by atoms with Crippen LogP contribution in [0.1, 0.15) is 21.5 Å². The van der Waals surface area contributed by atoms with Gasteiger partial charge in [0.15, 0.2) is 11.5 Å². The van der Waals surface area contributed by atoms with Crippen molar-refractivity contribution in [3.63, 3.8) is 0 Å². The van der Waals surface area contributed by atoms with Crippen LogP contribution in [0.25, 0.3) is 0 Å². The molecule has 0 fully saturated rings. The average Bonchev–Trinajstić information content (AvgIpc) is 2.79. The lowest BCUT2D eigenvalue weighted by molar-refractivity contribution is 0.0955. The lowest BCUT2D eigenvalue weighted by atomic mass is 10.2. The van der Waals surface area contributed by atoms with E-state index in [0.717, 1.165) is 5.56 Å². The van der Waals surface area contributed by atoms with Crippen molar-refractivity contribution in [1.29, 1.82) is 0 Å². The second-order valence-electron chi connectivity index (χ2n) is 6.38. The highest BCUT2D eigenvalue weighted by Gasteiger charge is 2.12. The van der Waals surface area contributed by atoms with E-state index in [0.29, 0.717) is 45.0 Å². The molecule has 0 heterocycles. The van der Waals surface area contributed by atoms with E-state index < -0.39 is 0 Å². The van der Waals surface area contributed by atoms with Crippen LogP contribution < -0.4 is 19.6 Å². The summed E-state index contributed by atoms with van der Waals surface area (Å²) in [6.07, 6.45) is 1.47. The second-order valence-corrected chi connectivity index (χ2v) is 7.22. The standard InChI is InChI=1S/C23H20Cl2N2O4/c1-29-19-9-5-17(6-10-19)23(28)27-26-13-16-11-20(25)22(21(12-16)30-2)31-14-15-3-7-18(24)8-4-15/h3-13H,14H2,1-2H3,(H,27,28)/b26-13-. The van der Waals surface area contributed by atoms with Gasteiger partial charge in [0, 0.05) is 10.6 Å². The van der Waals surface area contributed by atoms with Gasteiger partial charge >= 0.3 is 0 Å². The lowest BCUT2D eigenvalue weighted by Gasteiger charge is -2.13. The topological polar surface area (TPSA) is 69.2 Å².